The number of hydrogen-bond donors (Lipinski definition) is 1. The van der Waals surface area contributed by atoms with Crippen LogP contribution in [0.4, 0.5) is 0 Å². The maximum Gasteiger partial charge on any atom is 0.303 e. The van der Waals surface area contributed by atoms with Gasteiger partial charge in [0.1, 0.15) is 0 Å². The standard InChI is InChI=1S/C10H21NO2/c1-4-6-9(2)11(3)8-5-7-10(12)13/h9H,4-8H2,1-3H3,(H,12,13). The normalized spacial score (nSPS) is 13.2. The maximum atomic E-state index is 10.3. The summed E-state index contributed by atoms with van der Waals surface area (Å²) in [6, 6.07) is 0.568. The van der Waals surface area contributed by atoms with Crippen molar-refractivity contribution in [2.75, 3.05) is 13.6 Å². The smallest absolute Gasteiger partial charge is 0.303 e. The molecule has 0 aliphatic carbocycles. The molecule has 0 heterocycles. The SMILES string of the molecule is CCCC(C)N(C)CCCC(=O)O. The molecule has 1 unspecified atom stereocenters. The van der Waals surface area contributed by atoms with Crippen LogP contribution < -0.4 is 0 Å². The molecular weight excluding hydrogens is 166 g/mol. The summed E-state index contributed by atoms with van der Waals surface area (Å²) in [6.07, 6.45) is 3.40. The van der Waals surface area contributed by atoms with Gasteiger partial charge in [0.05, 0.1) is 0 Å². The molecule has 0 amide bonds. The van der Waals surface area contributed by atoms with E-state index in [0.717, 1.165) is 13.0 Å². The minimum atomic E-state index is -0.698. The summed E-state index contributed by atoms with van der Waals surface area (Å²) in [6.45, 7) is 5.24. The van der Waals surface area contributed by atoms with Crippen LogP contribution in [0.3, 0.4) is 0 Å². The molecule has 0 aliphatic heterocycles. The zero-order valence-electron chi connectivity index (χ0n) is 8.92. The fourth-order valence-corrected chi connectivity index (χ4v) is 1.34. The third-order valence-electron chi connectivity index (χ3n) is 2.36. The molecule has 3 nitrogen and oxygen atoms in total. The van der Waals surface area contributed by atoms with Crippen molar-refractivity contribution in [3.05, 3.63) is 0 Å². The topological polar surface area (TPSA) is 40.5 Å². The first kappa shape index (κ1) is 12.4. The van der Waals surface area contributed by atoms with Crippen molar-refractivity contribution in [2.45, 2.75) is 45.6 Å². The van der Waals surface area contributed by atoms with Crippen molar-refractivity contribution in [3.8, 4) is 0 Å². The lowest BCUT2D eigenvalue weighted by atomic mass is 10.1. The van der Waals surface area contributed by atoms with Crippen LogP contribution in [-0.2, 0) is 4.79 Å². The van der Waals surface area contributed by atoms with E-state index in [9.17, 15) is 4.79 Å². The van der Waals surface area contributed by atoms with Crippen molar-refractivity contribution in [2.24, 2.45) is 0 Å². The van der Waals surface area contributed by atoms with Gasteiger partial charge < -0.3 is 10.0 Å². The van der Waals surface area contributed by atoms with E-state index < -0.39 is 5.97 Å². The van der Waals surface area contributed by atoms with Gasteiger partial charge in [-0.25, -0.2) is 0 Å². The summed E-state index contributed by atoms with van der Waals surface area (Å²) in [5, 5.41) is 8.45. The monoisotopic (exact) mass is 187 g/mol. The predicted molar refractivity (Wildman–Crippen MR) is 53.9 cm³/mol. The Labute approximate surface area is 80.7 Å². The highest BCUT2D eigenvalue weighted by Gasteiger charge is 2.07. The molecule has 0 bridgehead atoms. The highest BCUT2D eigenvalue weighted by molar-refractivity contribution is 5.66. The fourth-order valence-electron chi connectivity index (χ4n) is 1.34. The second-order valence-corrected chi connectivity index (χ2v) is 3.62. The summed E-state index contributed by atoms with van der Waals surface area (Å²) >= 11 is 0. The quantitative estimate of drug-likeness (QED) is 0.662. The number of nitrogens with zero attached hydrogens (tertiary/aromatic N) is 1. The summed E-state index contributed by atoms with van der Waals surface area (Å²) in [5.41, 5.74) is 0. The van der Waals surface area contributed by atoms with Crippen molar-refractivity contribution in [1.29, 1.82) is 0 Å². The molecule has 1 atom stereocenters. The van der Waals surface area contributed by atoms with Gasteiger partial charge >= 0.3 is 5.97 Å². The van der Waals surface area contributed by atoms with Gasteiger partial charge in [-0.1, -0.05) is 13.3 Å². The lowest BCUT2D eigenvalue weighted by Gasteiger charge is -2.23. The predicted octanol–water partition coefficient (Wildman–Crippen LogP) is 1.97. The van der Waals surface area contributed by atoms with Gasteiger partial charge in [-0.3, -0.25) is 4.79 Å². The Morgan fingerprint density at radius 2 is 2.15 bits per heavy atom. The van der Waals surface area contributed by atoms with Gasteiger partial charge in [0.2, 0.25) is 0 Å². The molecule has 1 N–H and O–H groups in total. The minimum Gasteiger partial charge on any atom is -0.481 e. The second kappa shape index (κ2) is 6.89. The molecule has 3 heteroatoms. The number of carboxylic acids is 1. The molecular formula is C10H21NO2. The molecule has 0 rings (SSSR count). The molecule has 0 aliphatic rings. The summed E-state index contributed by atoms with van der Waals surface area (Å²) in [7, 11) is 2.06. The maximum absolute atomic E-state index is 10.3. The molecule has 13 heavy (non-hydrogen) atoms. The fraction of sp³-hybridized carbons (Fsp3) is 0.900. The van der Waals surface area contributed by atoms with Gasteiger partial charge in [0, 0.05) is 12.5 Å². The Bertz CT molecular complexity index is 148. The Balaban J connectivity index is 3.49. The molecule has 0 aromatic rings. The van der Waals surface area contributed by atoms with Crippen LogP contribution in [0.1, 0.15) is 39.5 Å². The van der Waals surface area contributed by atoms with Crippen molar-refractivity contribution < 1.29 is 9.90 Å². The second-order valence-electron chi connectivity index (χ2n) is 3.62. The average molecular weight is 187 g/mol. The molecule has 0 radical (unpaired) electrons. The number of carboxylic acid groups (broad SMARTS) is 1. The lowest BCUT2D eigenvalue weighted by Crippen LogP contribution is -2.30. The van der Waals surface area contributed by atoms with Crippen LogP contribution in [0, 0.1) is 0 Å². The Morgan fingerprint density at radius 1 is 1.54 bits per heavy atom. The van der Waals surface area contributed by atoms with E-state index in [1.165, 1.54) is 12.8 Å². The van der Waals surface area contributed by atoms with E-state index in [-0.39, 0.29) is 6.42 Å². The zero-order valence-corrected chi connectivity index (χ0v) is 8.92. The lowest BCUT2D eigenvalue weighted by molar-refractivity contribution is -0.137. The van der Waals surface area contributed by atoms with Crippen LogP contribution in [0.15, 0.2) is 0 Å². The first-order valence-corrected chi connectivity index (χ1v) is 5.00. The van der Waals surface area contributed by atoms with Crippen LogP contribution in [0.25, 0.3) is 0 Å². The highest BCUT2D eigenvalue weighted by Crippen LogP contribution is 2.05. The Hall–Kier alpha value is -0.570. The van der Waals surface area contributed by atoms with E-state index in [0.29, 0.717) is 6.04 Å². The van der Waals surface area contributed by atoms with Crippen LogP contribution in [-0.4, -0.2) is 35.6 Å². The van der Waals surface area contributed by atoms with Crippen molar-refractivity contribution >= 4 is 5.97 Å². The third-order valence-corrected chi connectivity index (χ3v) is 2.36. The molecule has 0 aromatic heterocycles. The highest BCUT2D eigenvalue weighted by atomic mass is 16.4. The largest absolute Gasteiger partial charge is 0.481 e. The molecule has 78 valence electrons. The average Bonchev–Trinajstić information content (AvgIpc) is 2.04. The van der Waals surface area contributed by atoms with Gasteiger partial charge in [0.25, 0.3) is 0 Å². The van der Waals surface area contributed by atoms with Crippen LogP contribution >= 0.6 is 0 Å². The molecule has 0 fully saturated rings. The van der Waals surface area contributed by atoms with Crippen molar-refractivity contribution in [3.63, 3.8) is 0 Å². The zero-order chi connectivity index (χ0) is 10.3. The Morgan fingerprint density at radius 3 is 2.62 bits per heavy atom. The molecule has 0 spiro atoms. The van der Waals surface area contributed by atoms with Gasteiger partial charge in [-0.2, -0.15) is 0 Å². The Kier molecular flexibility index (Phi) is 6.59. The van der Waals surface area contributed by atoms with E-state index in [1.54, 1.807) is 0 Å². The van der Waals surface area contributed by atoms with Gasteiger partial charge in [-0.15, -0.1) is 0 Å². The summed E-state index contributed by atoms with van der Waals surface area (Å²) < 4.78 is 0. The summed E-state index contributed by atoms with van der Waals surface area (Å²) in [5.74, 6) is -0.698. The van der Waals surface area contributed by atoms with Gasteiger partial charge in [-0.05, 0) is 33.4 Å². The number of aliphatic carboxylic acids is 1. The molecule has 0 saturated heterocycles. The number of carbonyl (C=O) groups is 1. The van der Waals surface area contributed by atoms with Gasteiger partial charge in [0.15, 0.2) is 0 Å². The van der Waals surface area contributed by atoms with E-state index in [2.05, 4.69) is 25.8 Å². The van der Waals surface area contributed by atoms with E-state index in [1.807, 2.05) is 0 Å². The first-order valence-electron chi connectivity index (χ1n) is 5.00. The molecule has 0 aromatic carbocycles. The minimum absolute atomic E-state index is 0.281. The third kappa shape index (κ3) is 6.58. The van der Waals surface area contributed by atoms with Crippen LogP contribution in [0.2, 0.25) is 0 Å². The van der Waals surface area contributed by atoms with Crippen LogP contribution in [0.5, 0.6) is 0 Å². The summed E-state index contributed by atoms with van der Waals surface area (Å²) in [4.78, 5) is 12.5. The van der Waals surface area contributed by atoms with E-state index >= 15 is 0 Å². The van der Waals surface area contributed by atoms with Crippen molar-refractivity contribution in [1.82, 2.24) is 4.90 Å². The first-order chi connectivity index (χ1) is 6.07. The van der Waals surface area contributed by atoms with E-state index in [4.69, 9.17) is 5.11 Å². The molecule has 0 saturated carbocycles. The number of hydrogen-bond acceptors (Lipinski definition) is 2. The number of rotatable bonds is 7.